The molecule has 0 atom stereocenters. The lowest BCUT2D eigenvalue weighted by Gasteiger charge is -2.11. The molecule has 1 aromatic carbocycles. The molecule has 88 valence electrons. The summed E-state index contributed by atoms with van der Waals surface area (Å²) >= 11 is 0. The largest absolute Gasteiger partial charge is 0.417 e. The van der Waals surface area contributed by atoms with E-state index in [1.165, 1.54) is 12.1 Å². The first-order valence-electron chi connectivity index (χ1n) is 4.47. The Labute approximate surface area is 89.3 Å². The van der Waals surface area contributed by atoms with Gasteiger partial charge in [-0.25, -0.2) is 4.39 Å². The molecule has 1 amide bonds. The maximum Gasteiger partial charge on any atom is 0.417 e. The zero-order valence-electron chi connectivity index (χ0n) is 8.14. The molecule has 0 aliphatic carbocycles. The molecule has 0 aliphatic heterocycles. The Bertz CT molecular complexity index is 375. The second-order valence-corrected chi connectivity index (χ2v) is 2.99. The Morgan fingerprint density at radius 3 is 2.44 bits per heavy atom. The highest BCUT2D eigenvalue weighted by molar-refractivity contribution is 5.95. The number of amides is 1. The van der Waals surface area contributed by atoms with Gasteiger partial charge in [0.15, 0.2) is 0 Å². The molecule has 16 heavy (non-hydrogen) atoms. The SMILES string of the molecule is O=C(NCCF)c1ccccc1C(F)(F)F. The van der Waals surface area contributed by atoms with Crippen molar-refractivity contribution in [3.8, 4) is 0 Å². The van der Waals surface area contributed by atoms with Crippen LogP contribution in [-0.2, 0) is 6.18 Å². The molecule has 6 heteroatoms. The van der Waals surface area contributed by atoms with Crippen molar-refractivity contribution in [2.24, 2.45) is 0 Å². The van der Waals surface area contributed by atoms with Crippen molar-refractivity contribution in [3.05, 3.63) is 35.4 Å². The predicted octanol–water partition coefficient (Wildman–Crippen LogP) is 2.40. The van der Waals surface area contributed by atoms with Gasteiger partial charge in [-0.2, -0.15) is 13.2 Å². The minimum atomic E-state index is -4.59. The Hall–Kier alpha value is -1.59. The van der Waals surface area contributed by atoms with E-state index in [4.69, 9.17) is 0 Å². The zero-order chi connectivity index (χ0) is 12.2. The fourth-order valence-corrected chi connectivity index (χ4v) is 1.18. The van der Waals surface area contributed by atoms with Crippen molar-refractivity contribution in [2.45, 2.75) is 6.18 Å². The summed E-state index contributed by atoms with van der Waals surface area (Å²) < 4.78 is 49.2. The normalized spacial score (nSPS) is 11.2. The van der Waals surface area contributed by atoms with E-state index in [-0.39, 0.29) is 6.54 Å². The molecular formula is C10H9F4NO. The summed E-state index contributed by atoms with van der Waals surface area (Å²) in [6.07, 6.45) is -4.59. The van der Waals surface area contributed by atoms with E-state index in [2.05, 4.69) is 0 Å². The first kappa shape index (κ1) is 12.5. The molecule has 0 saturated carbocycles. The van der Waals surface area contributed by atoms with Gasteiger partial charge in [0.05, 0.1) is 11.1 Å². The van der Waals surface area contributed by atoms with Gasteiger partial charge in [0.1, 0.15) is 6.67 Å². The molecule has 0 radical (unpaired) electrons. The number of nitrogens with one attached hydrogen (secondary N) is 1. The maximum atomic E-state index is 12.5. The van der Waals surface area contributed by atoms with Gasteiger partial charge in [0.25, 0.3) is 5.91 Å². The number of carbonyl (C=O) groups excluding carboxylic acids is 1. The standard InChI is InChI=1S/C10H9F4NO/c11-5-6-15-9(16)7-3-1-2-4-8(7)10(12,13)14/h1-4H,5-6H2,(H,15,16). The number of rotatable bonds is 3. The van der Waals surface area contributed by atoms with Gasteiger partial charge in [-0.05, 0) is 12.1 Å². The van der Waals surface area contributed by atoms with Gasteiger partial charge in [0, 0.05) is 6.54 Å². The molecule has 0 spiro atoms. The summed E-state index contributed by atoms with van der Waals surface area (Å²) in [6, 6.07) is 4.37. The van der Waals surface area contributed by atoms with E-state index in [9.17, 15) is 22.4 Å². The molecule has 2 nitrogen and oxygen atoms in total. The highest BCUT2D eigenvalue weighted by atomic mass is 19.4. The number of hydrogen-bond acceptors (Lipinski definition) is 1. The second kappa shape index (κ2) is 4.96. The highest BCUT2D eigenvalue weighted by Gasteiger charge is 2.34. The number of alkyl halides is 4. The van der Waals surface area contributed by atoms with Crippen LogP contribution in [0.15, 0.2) is 24.3 Å². The molecule has 1 rings (SSSR count). The molecule has 1 aromatic rings. The fourth-order valence-electron chi connectivity index (χ4n) is 1.18. The van der Waals surface area contributed by atoms with Crippen molar-refractivity contribution in [3.63, 3.8) is 0 Å². The van der Waals surface area contributed by atoms with E-state index in [0.717, 1.165) is 12.1 Å². The summed E-state index contributed by atoms with van der Waals surface area (Å²) in [5, 5.41) is 2.05. The van der Waals surface area contributed by atoms with E-state index in [1.54, 1.807) is 0 Å². The third kappa shape index (κ3) is 2.95. The lowest BCUT2D eigenvalue weighted by molar-refractivity contribution is -0.137. The van der Waals surface area contributed by atoms with Gasteiger partial charge in [-0.15, -0.1) is 0 Å². The third-order valence-electron chi connectivity index (χ3n) is 1.86. The average Bonchev–Trinajstić information content (AvgIpc) is 2.24. The number of hydrogen-bond donors (Lipinski definition) is 1. The Morgan fingerprint density at radius 2 is 1.88 bits per heavy atom. The highest BCUT2D eigenvalue weighted by Crippen LogP contribution is 2.31. The lowest BCUT2D eigenvalue weighted by Crippen LogP contribution is -2.27. The molecule has 0 fully saturated rings. The van der Waals surface area contributed by atoms with Gasteiger partial charge >= 0.3 is 6.18 Å². The Morgan fingerprint density at radius 1 is 1.25 bits per heavy atom. The molecule has 0 saturated heterocycles. The van der Waals surface area contributed by atoms with Crippen LogP contribution in [0.3, 0.4) is 0 Å². The predicted molar refractivity (Wildman–Crippen MR) is 49.8 cm³/mol. The van der Waals surface area contributed by atoms with Crippen molar-refractivity contribution in [1.82, 2.24) is 5.32 Å². The number of carbonyl (C=O) groups is 1. The molecule has 0 aromatic heterocycles. The van der Waals surface area contributed by atoms with E-state index in [0.29, 0.717) is 0 Å². The minimum Gasteiger partial charge on any atom is -0.349 e. The zero-order valence-corrected chi connectivity index (χ0v) is 8.14. The monoisotopic (exact) mass is 235 g/mol. The van der Waals surface area contributed by atoms with Crippen LogP contribution in [0.4, 0.5) is 17.6 Å². The summed E-state index contributed by atoms with van der Waals surface area (Å²) in [7, 11) is 0. The van der Waals surface area contributed by atoms with Crippen molar-refractivity contribution in [2.75, 3.05) is 13.2 Å². The lowest BCUT2D eigenvalue weighted by atomic mass is 10.1. The summed E-state index contributed by atoms with van der Waals surface area (Å²) in [6.45, 7) is -1.12. The second-order valence-electron chi connectivity index (χ2n) is 2.99. The van der Waals surface area contributed by atoms with Crippen LogP contribution in [0, 0.1) is 0 Å². The summed E-state index contributed by atoms with van der Waals surface area (Å²) in [5.41, 5.74) is -1.52. The van der Waals surface area contributed by atoms with Crippen molar-refractivity contribution >= 4 is 5.91 Å². The molecule has 1 N–H and O–H groups in total. The molecule has 0 unspecified atom stereocenters. The van der Waals surface area contributed by atoms with Gasteiger partial charge in [-0.3, -0.25) is 4.79 Å². The van der Waals surface area contributed by atoms with Crippen LogP contribution in [0.2, 0.25) is 0 Å². The summed E-state index contributed by atoms with van der Waals surface area (Å²) in [5.74, 6) is -0.925. The van der Waals surface area contributed by atoms with Crippen LogP contribution in [0.5, 0.6) is 0 Å². The van der Waals surface area contributed by atoms with Crippen molar-refractivity contribution < 1.29 is 22.4 Å². The van der Waals surface area contributed by atoms with Crippen LogP contribution in [0.1, 0.15) is 15.9 Å². The van der Waals surface area contributed by atoms with E-state index in [1.807, 2.05) is 5.32 Å². The molecule has 0 aliphatic rings. The van der Waals surface area contributed by atoms with Crippen LogP contribution < -0.4 is 5.32 Å². The summed E-state index contributed by atoms with van der Waals surface area (Å²) in [4.78, 5) is 11.3. The van der Waals surface area contributed by atoms with Crippen LogP contribution in [0.25, 0.3) is 0 Å². The molecule has 0 bridgehead atoms. The topological polar surface area (TPSA) is 29.1 Å². The van der Waals surface area contributed by atoms with Crippen LogP contribution in [-0.4, -0.2) is 19.1 Å². The van der Waals surface area contributed by atoms with E-state index >= 15 is 0 Å². The first-order chi connectivity index (χ1) is 7.46. The van der Waals surface area contributed by atoms with Crippen LogP contribution >= 0.6 is 0 Å². The minimum absolute atomic E-state index is 0.301. The smallest absolute Gasteiger partial charge is 0.349 e. The fraction of sp³-hybridized carbons (Fsp3) is 0.300. The Kier molecular flexibility index (Phi) is 3.87. The Balaban J connectivity index is 3.00. The van der Waals surface area contributed by atoms with Gasteiger partial charge in [0.2, 0.25) is 0 Å². The third-order valence-corrected chi connectivity index (χ3v) is 1.86. The number of benzene rings is 1. The quantitative estimate of drug-likeness (QED) is 0.801. The van der Waals surface area contributed by atoms with Gasteiger partial charge in [-0.1, -0.05) is 12.1 Å². The molecule has 0 heterocycles. The average molecular weight is 235 g/mol. The maximum absolute atomic E-state index is 12.5. The van der Waals surface area contributed by atoms with E-state index < -0.39 is 29.9 Å². The van der Waals surface area contributed by atoms with Crippen molar-refractivity contribution in [1.29, 1.82) is 0 Å². The molecular weight excluding hydrogens is 226 g/mol. The number of halogens is 4. The first-order valence-corrected chi connectivity index (χ1v) is 4.47. The van der Waals surface area contributed by atoms with Gasteiger partial charge < -0.3 is 5.32 Å².